The highest BCUT2D eigenvalue weighted by molar-refractivity contribution is 9.15. The lowest BCUT2D eigenvalue weighted by Gasteiger charge is -2.07. The Kier molecular flexibility index (Phi) is 4.51. The predicted octanol–water partition coefficient (Wildman–Crippen LogP) is 6.87. The molecule has 1 aromatic heterocycles. The Morgan fingerprint density at radius 3 is 2.28 bits per heavy atom. The maximum absolute atomic E-state index is 12.8. The molecular weight excluding hydrogens is 652 g/mol. The standard InChI is InChI=1S/C16H5Br5N2O2/c17-8-7-13(11(20)10(19)9(8)18)23(21)14(16(7)25)12-15(24)5-3-1-2-4-6(5)22-12/h1-4,25H. The molecule has 0 saturated heterocycles. The molecule has 1 N–H and O–H groups in total. The van der Waals surface area contributed by atoms with E-state index in [9.17, 15) is 9.90 Å². The van der Waals surface area contributed by atoms with E-state index in [1.165, 1.54) is 0 Å². The summed E-state index contributed by atoms with van der Waals surface area (Å²) in [6, 6.07) is 7.12. The molecule has 1 aliphatic rings. The number of para-hydroxylation sites is 1. The molecule has 0 unspecified atom stereocenters. The van der Waals surface area contributed by atoms with Gasteiger partial charge in [0.05, 0.1) is 37.2 Å². The molecule has 0 saturated carbocycles. The molecule has 2 aromatic carbocycles. The highest BCUT2D eigenvalue weighted by atomic mass is 79.9. The summed E-state index contributed by atoms with van der Waals surface area (Å²) in [5, 5.41) is 11.4. The van der Waals surface area contributed by atoms with Gasteiger partial charge < -0.3 is 5.11 Å². The summed E-state index contributed by atoms with van der Waals surface area (Å²) in [6.45, 7) is 0. The van der Waals surface area contributed by atoms with Crippen LogP contribution in [0.25, 0.3) is 10.9 Å². The van der Waals surface area contributed by atoms with Gasteiger partial charge in [0.25, 0.3) is 0 Å². The number of rotatable bonds is 1. The highest BCUT2D eigenvalue weighted by Gasteiger charge is 2.33. The second-order valence-corrected chi connectivity index (χ2v) is 9.15. The minimum Gasteiger partial charge on any atom is -0.505 e. The van der Waals surface area contributed by atoms with Gasteiger partial charge in [-0.3, -0.25) is 8.39 Å². The first-order valence-electron chi connectivity index (χ1n) is 6.82. The van der Waals surface area contributed by atoms with E-state index < -0.39 is 0 Å². The fraction of sp³-hybridized carbons (Fsp3) is 0. The van der Waals surface area contributed by atoms with Crippen LogP contribution in [0.2, 0.25) is 0 Å². The Balaban J connectivity index is 2.08. The van der Waals surface area contributed by atoms with Gasteiger partial charge in [0, 0.05) is 19.0 Å². The van der Waals surface area contributed by atoms with Crippen molar-refractivity contribution < 1.29 is 9.90 Å². The van der Waals surface area contributed by atoms with Gasteiger partial charge in [0.1, 0.15) is 11.4 Å². The maximum atomic E-state index is 12.8. The van der Waals surface area contributed by atoms with E-state index in [4.69, 9.17) is 0 Å². The van der Waals surface area contributed by atoms with Gasteiger partial charge in [-0.15, -0.1) is 0 Å². The summed E-state index contributed by atoms with van der Waals surface area (Å²) < 4.78 is 4.50. The average molecular weight is 657 g/mol. The molecule has 0 atom stereocenters. The van der Waals surface area contributed by atoms with E-state index in [-0.39, 0.29) is 17.2 Å². The van der Waals surface area contributed by atoms with E-state index in [1.54, 1.807) is 21.8 Å². The fourth-order valence-electron chi connectivity index (χ4n) is 2.77. The number of hydrogen-bond donors (Lipinski definition) is 1. The number of aliphatic imine (C=N–C) groups is 1. The van der Waals surface area contributed by atoms with Crippen LogP contribution in [0, 0.1) is 0 Å². The predicted molar refractivity (Wildman–Crippen MR) is 116 cm³/mol. The van der Waals surface area contributed by atoms with Crippen molar-refractivity contribution in [3.8, 4) is 5.75 Å². The number of halogens is 5. The van der Waals surface area contributed by atoms with Crippen molar-refractivity contribution in [2.75, 3.05) is 0 Å². The molecule has 0 radical (unpaired) electrons. The number of benzene rings is 2. The molecule has 0 fully saturated rings. The molecule has 25 heavy (non-hydrogen) atoms. The summed E-state index contributed by atoms with van der Waals surface area (Å²) in [7, 11) is 0. The number of aromatic hydroxyl groups is 1. The summed E-state index contributed by atoms with van der Waals surface area (Å²) in [4.78, 5) is 17.2. The van der Waals surface area contributed by atoms with Gasteiger partial charge >= 0.3 is 0 Å². The van der Waals surface area contributed by atoms with Crippen LogP contribution in [0.4, 0.5) is 5.69 Å². The van der Waals surface area contributed by atoms with Crippen LogP contribution >= 0.6 is 79.9 Å². The Labute approximate surface area is 184 Å². The lowest BCUT2D eigenvalue weighted by atomic mass is 10.1. The van der Waals surface area contributed by atoms with Crippen molar-refractivity contribution in [2.24, 2.45) is 4.99 Å². The van der Waals surface area contributed by atoms with Crippen molar-refractivity contribution in [3.63, 3.8) is 0 Å². The van der Waals surface area contributed by atoms with Gasteiger partial charge in [-0.2, -0.15) is 0 Å². The molecule has 0 spiro atoms. The molecule has 126 valence electrons. The molecule has 4 rings (SSSR count). The van der Waals surface area contributed by atoms with Gasteiger partial charge in [-0.25, -0.2) is 4.99 Å². The Morgan fingerprint density at radius 2 is 1.60 bits per heavy atom. The third-order valence-corrected chi connectivity index (χ3v) is 9.37. The Bertz CT molecular complexity index is 1080. The van der Waals surface area contributed by atoms with E-state index in [0.717, 1.165) is 13.4 Å². The molecule has 0 amide bonds. The van der Waals surface area contributed by atoms with Gasteiger partial charge in [-0.05, 0) is 75.9 Å². The Hall–Kier alpha value is -0.480. The maximum Gasteiger partial charge on any atom is 0.215 e. The number of nitrogens with zero attached hydrogens (tertiary/aromatic N) is 2. The van der Waals surface area contributed by atoms with E-state index >= 15 is 0 Å². The highest BCUT2D eigenvalue weighted by Crippen LogP contribution is 2.50. The van der Waals surface area contributed by atoms with E-state index in [2.05, 4.69) is 84.9 Å². The second-order valence-electron chi connectivity index (χ2n) is 5.26. The topological polar surface area (TPSA) is 54.6 Å². The zero-order chi connectivity index (χ0) is 18.0. The van der Waals surface area contributed by atoms with Crippen LogP contribution in [0.5, 0.6) is 5.75 Å². The molecule has 2 heterocycles. The first kappa shape index (κ1) is 17.9. The SMILES string of the molecule is O=C1C(c2c(O)c3c(Br)c(Br)c(Br)c(Br)c3n2Br)=Nc2ccccc21. The van der Waals surface area contributed by atoms with Crippen LogP contribution in [-0.2, 0) is 0 Å². The normalized spacial score (nSPS) is 13.5. The van der Waals surface area contributed by atoms with Crippen molar-refractivity contribution in [1.82, 2.24) is 3.59 Å². The summed E-state index contributed by atoms with van der Waals surface area (Å²) in [6.07, 6.45) is 0. The van der Waals surface area contributed by atoms with Crippen LogP contribution < -0.4 is 0 Å². The summed E-state index contributed by atoms with van der Waals surface area (Å²) >= 11 is 17.5. The van der Waals surface area contributed by atoms with Crippen LogP contribution in [0.1, 0.15) is 16.1 Å². The number of aromatic nitrogens is 1. The molecular formula is C16H5Br5N2O2. The smallest absolute Gasteiger partial charge is 0.215 e. The fourth-order valence-corrected chi connectivity index (χ4v) is 6.16. The minimum atomic E-state index is -0.222. The van der Waals surface area contributed by atoms with Crippen molar-refractivity contribution in [1.29, 1.82) is 0 Å². The number of fused-ring (bicyclic) bond motifs is 2. The molecule has 0 aliphatic carbocycles. The number of ketones is 1. The van der Waals surface area contributed by atoms with Gasteiger partial charge in [0.2, 0.25) is 5.78 Å². The first-order chi connectivity index (χ1) is 11.8. The summed E-state index contributed by atoms with van der Waals surface area (Å²) in [5.41, 5.74) is 2.29. The third kappa shape index (κ3) is 2.46. The minimum absolute atomic E-state index is 0.0347. The van der Waals surface area contributed by atoms with Crippen LogP contribution in [0.15, 0.2) is 47.1 Å². The molecule has 1 aliphatic heterocycles. The van der Waals surface area contributed by atoms with Crippen molar-refractivity contribution >= 4 is 108 Å². The zero-order valence-corrected chi connectivity index (χ0v) is 19.9. The molecule has 4 nitrogen and oxygen atoms in total. The quantitative estimate of drug-likeness (QED) is 0.230. The van der Waals surface area contributed by atoms with Gasteiger partial charge in [0.15, 0.2) is 5.75 Å². The number of carbonyl (C=O) groups is 1. The summed E-state index contributed by atoms with van der Waals surface area (Å²) in [5.74, 6) is -0.257. The zero-order valence-electron chi connectivity index (χ0n) is 11.9. The van der Waals surface area contributed by atoms with Crippen LogP contribution in [0.3, 0.4) is 0 Å². The van der Waals surface area contributed by atoms with Gasteiger partial charge in [-0.1, -0.05) is 12.1 Å². The van der Waals surface area contributed by atoms with Crippen molar-refractivity contribution in [3.05, 3.63) is 53.4 Å². The Morgan fingerprint density at radius 1 is 0.960 bits per heavy atom. The van der Waals surface area contributed by atoms with Crippen LogP contribution in [-0.4, -0.2) is 20.2 Å². The second kappa shape index (κ2) is 6.30. The van der Waals surface area contributed by atoms with E-state index in [1.807, 2.05) is 6.07 Å². The molecule has 9 heteroatoms. The lowest BCUT2D eigenvalue weighted by Crippen LogP contribution is -2.13. The lowest BCUT2D eigenvalue weighted by molar-refractivity contribution is 0.106. The van der Waals surface area contributed by atoms with Crippen molar-refractivity contribution in [2.45, 2.75) is 0 Å². The number of Topliss-reactive ketones (excluding diaryl/α,β-unsaturated/α-hetero) is 1. The van der Waals surface area contributed by atoms with E-state index in [0.29, 0.717) is 32.3 Å². The number of hydrogen-bond acceptors (Lipinski definition) is 3. The largest absolute Gasteiger partial charge is 0.505 e. The number of carbonyl (C=O) groups excluding carboxylic acids is 1. The molecule has 3 aromatic rings. The first-order valence-corrected chi connectivity index (χ1v) is 10.7. The monoisotopic (exact) mass is 652 g/mol. The molecule has 0 bridgehead atoms. The third-order valence-electron chi connectivity index (χ3n) is 3.92. The average Bonchev–Trinajstić information content (AvgIpc) is 3.05.